The summed E-state index contributed by atoms with van der Waals surface area (Å²) in [5, 5.41) is 2.38. The number of aromatic nitrogens is 1. The van der Waals surface area contributed by atoms with Gasteiger partial charge in [-0.25, -0.2) is 0 Å². The molecule has 0 spiro atoms. The first-order valence-corrected chi connectivity index (χ1v) is 7.14. The summed E-state index contributed by atoms with van der Waals surface area (Å²) in [6, 6.07) is 16.8. The zero-order valence-corrected chi connectivity index (χ0v) is 12.7. The molecule has 0 saturated carbocycles. The lowest BCUT2D eigenvalue weighted by Crippen LogP contribution is -2.17. The highest BCUT2D eigenvalue weighted by atomic mass is 16.5. The summed E-state index contributed by atoms with van der Waals surface area (Å²) in [5.74, 6) is 0.919. The van der Waals surface area contributed by atoms with Crippen molar-refractivity contribution in [1.29, 1.82) is 0 Å². The van der Waals surface area contributed by atoms with Gasteiger partial charge in [-0.2, -0.15) is 0 Å². The molecular weight excluding hydrogens is 260 g/mol. The molecule has 0 amide bonds. The van der Waals surface area contributed by atoms with Crippen LogP contribution in [0.5, 0.6) is 5.75 Å². The SMILES string of the molecule is COc1ccc(CNn2c(C)ccc2C)c2ccccc12. The Bertz CT molecular complexity index is 754. The molecule has 1 heterocycles. The van der Waals surface area contributed by atoms with Gasteiger partial charge in [0.15, 0.2) is 0 Å². The maximum absolute atomic E-state index is 5.45. The van der Waals surface area contributed by atoms with Crippen LogP contribution in [0.25, 0.3) is 10.8 Å². The maximum atomic E-state index is 5.45. The molecule has 2 aromatic carbocycles. The van der Waals surface area contributed by atoms with Gasteiger partial charge in [-0.15, -0.1) is 0 Å². The zero-order valence-electron chi connectivity index (χ0n) is 12.7. The average Bonchev–Trinajstić information content (AvgIpc) is 2.83. The van der Waals surface area contributed by atoms with E-state index in [1.807, 2.05) is 12.1 Å². The van der Waals surface area contributed by atoms with Gasteiger partial charge in [0.25, 0.3) is 0 Å². The van der Waals surface area contributed by atoms with Crippen LogP contribution in [0.4, 0.5) is 0 Å². The van der Waals surface area contributed by atoms with Crippen LogP contribution in [-0.4, -0.2) is 11.8 Å². The molecule has 0 aliphatic rings. The highest BCUT2D eigenvalue weighted by Gasteiger charge is 2.06. The minimum Gasteiger partial charge on any atom is -0.496 e. The van der Waals surface area contributed by atoms with E-state index in [1.165, 1.54) is 22.3 Å². The normalized spacial score (nSPS) is 10.8. The van der Waals surface area contributed by atoms with E-state index in [-0.39, 0.29) is 0 Å². The van der Waals surface area contributed by atoms with Gasteiger partial charge in [-0.3, -0.25) is 4.68 Å². The van der Waals surface area contributed by atoms with Crippen molar-refractivity contribution < 1.29 is 4.74 Å². The lowest BCUT2D eigenvalue weighted by Gasteiger charge is -2.15. The molecule has 0 radical (unpaired) electrons. The molecule has 0 bridgehead atoms. The fraction of sp³-hybridized carbons (Fsp3) is 0.222. The molecule has 21 heavy (non-hydrogen) atoms. The first kappa shape index (κ1) is 13.6. The van der Waals surface area contributed by atoms with Gasteiger partial charge in [-0.1, -0.05) is 30.3 Å². The Balaban J connectivity index is 1.95. The van der Waals surface area contributed by atoms with E-state index in [0.29, 0.717) is 0 Å². The standard InChI is InChI=1S/C18H20N2O/c1-13-8-9-14(2)20(13)19-12-15-10-11-18(21-3)17-7-5-4-6-16(15)17/h4-11,19H,12H2,1-3H3. The molecule has 0 saturated heterocycles. The predicted molar refractivity (Wildman–Crippen MR) is 87.5 cm³/mol. The van der Waals surface area contributed by atoms with Crippen LogP contribution in [-0.2, 0) is 6.54 Å². The summed E-state index contributed by atoms with van der Waals surface area (Å²) in [7, 11) is 1.71. The molecule has 0 unspecified atom stereocenters. The number of methoxy groups -OCH3 is 1. The Hall–Kier alpha value is -2.42. The molecule has 0 fully saturated rings. The summed E-state index contributed by atoms with van der Waals surface area (Å²) >= 11 is 0. The number of nitrogens with one attached hydrogen (secondary N) is 1. The van der Waals surface area contributed by atoms with Gasteiger partial charge >= 0.3 is 0 Å². The average molecular weight is 280 g/mol. The van der Waals surface area contributed by atoms with Gasteiger partial charge < -0.3 is 10.2 Å². The van der Waals surface area contributed by atoms with Crippen molar-refractivity contribution in [2.75, 3.05) is 12.5 Å². The van der Waals surface area contributed by atoms with Gasteiger partial charge in [0, 0.05) is 16.8 Å². The molecule has 3 nitrogen and oxygen atoms in total. The number of fused-ring (bicyclic) bond motifs is 1. The lowest BCUT2D eigenvalue weighted by atomic mass is 10.0. The Morgan fingerprint density at radius 1 is 0.905 bits per heavy atom. The second kappa shape index (κ2) is 5.52. The van der Waals surface area contributed by atoms with Crippen molar-refractivity contribution in [3.63, 3.8) is 0 Å². The molecule has 0 aliphatic carbocycles. The first-order chi connectivity index (χ1) is 10.2. The summed E-state index contributed by atoms with van der Waals surface area (Å²) in [5.41, 5.74) is 7.17. The van der Waals surface area contributed by atoms with Crippen LogP contribution >= 0.6 is 0 Å². The number of aryl methyl sites for hydroxylation is 2. The van der Waals surface area contributed by atoms with Crippen molar-refractivity contribution in [3.05, 3.63) is 65.5 Å². The highest BCUT2D eigenvalue weighted by Crippen LogP contribution is 2.28. The van der Waals surface area contributed by atoms with Crippen molar-refractivity contribution in [2.45, 2.75) is 20.4 Å². The van der Waals surface area contributed by atoms with Crippen molar-refractivity contribution in [1.82, 2.24) is 4.68 Å². The van der Waals surface area contributed by atoms with Crippen LogP contribution in [0.2, 0.25) is 0 Å². The summed E-state index contributed by atoms with van der Waals surface area (Å²) < 4.78 is 7.57. The van der Waals surface area contributed by atoms with E-state index in [0.717, 1.165) is 17.7 Å². The van der Waals surface area contributed by atoms with Crippen molar-refractivity contribution >= 4 is 10.8 Å². The van der Waals surface area contributed by atoms with E-state index in [1.54, 1.807) is 7.11 Å². The maximum Gasteiger partial charge on any atom is 0.126 e. The molecule has 3 rings (SSSR count). The van der Waals surface area contributed by atoms with Gasteiger partial charge in [0.2, 0.25) is 0 Å². The Kier molecular flexibility index (Phi) is 3.57. The lowest BCUT2D eigenvalue weighted by molar-refractivity contribution is 0.419. The van der Waals surface area contributed by atoms with E-state index in [4.69, 9.17) is 4.74 Å². The van der Waals surface area contributed by atoms with E-state index in [2.05, 4.69) is 60.3 Å². The van der Waals surface area contributed by atoms with Crippen LogP contribution in [0.15, 0.2) is 48.5 Å². The topological polar surface area (TPSA) is 26.2 Å². The Morgan fingerprint density at radius 3 is 2.24 bits per heavy atom. The number of rotatable bonds is 4. The van der Waals surface area contributed by atoms with Crippen LogP contribution in [0.1, 0.15) is 17.0 Å². The van der Waals surface area contributed by atoms with Crippen molar-refractivity contribution in [3.8, 4) is 5.75 Å². The minimum atomic E-state index is 0.779. The summed E-state index contributed by atoms with van der Waals surface area (Å²) in [6.45, 7) is 4.99. The zero-order chi connectivity index (χ0) is 14.8. The van der Waals surface area contributed by atoms with Gasteiger partial charge in [-0.05, 0) is 43.0 Å². The first-order valence-electron chi connectivity index (χ1n) is 7.14. The second-order valence-electron chi connectivity index (χ2n) is 5.26. The molecule has 1 aromatic heterocycles. The van der Waals surface area contributed by atoms with E-state index in [9.17, 15) is 0 Å². The highest BCUT2D eigenvalue weighted by molar-refractivity contribution is 5.91. The van der Waals surface area contributed by atoms with E-state index < -0.39 is 0 Å². The fourth-order valence-electron chi connectivity index (χ4n) is 2.75. The quantitative estimate of drug-likeness (QED) is 0.781. The fourth-order valence-corrected chi connectivity index (χ4v) is 2.75. The Morgan fingerprint density at radius 2 is 1.57 bits per heavy atom. The molecule has 108 valence electrons. The summed E-state index contributed by atoms with van der Waals surface area (Å²) in [4.78, 5) is 0. The molecule has 1 N–H and O–H groups in total. The summed E-state index contributed by atoms with van der Waals surface area (Å²) in [6.07, 6.45) is 0. The van der Waals surface area contributed by atoms with Crippen LogP contribution in [0, 0.1) is 13.8 Å². The largest absolute Gasteiger partial charge is 0.496 e. The number of hydrogen-bond acceptors (Lipinski definition) is 2. The van der Waals surface area contributed by atoms with Crippen LogP contribution in [0.3, 0.4) is 0 Å². The monoisotopic (exact) mass is 280 g/mol. The Labute approximate surface area is 125 Å². The number of nitrogens with zero attached hydrogens (tertiary/aromatic N) is 1. The predicted octanol–water partition coefficient (Wildman–Crippen LogP) is 4.01. The third kappa shape index (κ3) is 2.47. The number of ether oxygens (including phenoxy) is 1. The third-order valence-corrected chi connectivity index (χ3v) is 3.89. The van der Waals surface area contributed by atoms with Gasteiger partial charge in [0.05, 0.1) is 13.7 Å². The van der Waals surface area contributed by atoms with E-state index >= 15 is 0 Å². The third-order valence-electron chi connectivity index (χ3n) is 3.89. The number of benzene rings is 2. The molecular formula is C18H20N2O. The molecule has 0 atom stereocenters. The second-order valence-corrected chi connectivity index (χ2v) is 5.26. The van der Waals surface area contributed by atoms with Gasteiger partial charge in [0.1, 0.15) is 5.75 Å². The molecule has 3 aromatic rings. The van der Waals surface area contributed by atoms with Crippen molar-refractivity contribution in [2.24, 2.45) is 0 Å². The van der Waals surface area contributed by atoms with Crippen LogP contribution < -0.4 is 10.2 Å². The number of hydrogen-bond donors (Lipinski definition) is 1. The minimum absolute atomic E-state index is 0.779. The molecule has 3 heteroatoms. The molecule has 0 aliphatic heterocycles. The smallest absolute Gasteiger partial charge is 0.126 e.